The number of benzene rings is 1. The molecule has 2 N–H and O–H groups in total. The maximum Gasteiger partial charge on any atom is 0.408 e. The van der Waals surface area contributed by atoms with Crippen LogP contribution in [0, 0.1) is 18.3 Å². The van der Waals surface area contributed by atoms with Gasteiger partial charge in [-0.3, -0.25) is 14.4 Å². The lowest BCUT2D eigenvalue weighted by molar-refractivity contribution is -0.143. The monoisotopic (exact) mass is 432 g/mol. The largest absolute Gasteiger partial charge is 0.468 e. The maximum atomic E-state index is 12.9. The molecule has 0 saturated carbocycles. The first-order valence-corrected chi connectivity index (χ1v) is 9.53. The number of nitriles is 1. The van der Waals surface area contributed by atoms with Gasteiger partial charge in [-0.25, -0.2) is 4.79 Å². The lowest BCUT2D eigenvalue weighted by Crippen LogP contribution is -2.48. The van der Waals surface area contributed by atoms with Crippen molar-refractivity contribution in [2.75, 3.05) is 26.7 Å². The summed E-state index contributed by atoms with van der Waals surface area (Å²) < 4.78 is 9.61. The number of alkyl carbamates (subject to hydrolysis) is 1. The maximum absolute atomic E-state index is 12.9. The highest BCUT2D eigenvalue weighted by atomic mass is 16.6. The molecule has 10 heteroatoms. The summed E-state index contributed by atoms with van der Waals surface area (Å²) in [6.45, 7) is 5.54. The topological polar surface area (TPSA) is 138 Å². The molecular weight excluding hydrogens is 404 g/mol. The van der Waals surface area contributed by atoms with E-state index in [4.69, 9.17) is 4.74 Å². The highest BCUT2D eigenvalue weighted by molar-refractivity contribution is 5.92. The number of aryl methyl sites for hydroxylation is 1. The van der Waals surface area contributed by atoms with Crippen molar-refractivity contribution in [3.8, 4) is 6.07 Å². The van der Waals surface area contributed by atoms with Gasteiger partial charge in [0, 0.05) is 0 Å². The molecule has 1 rings (SSSR count). The molecule has 1 aromatic carbocycles. The zero-order valence-corrected chi connectivity index (χ0v) is 18.4. The Morgan fingerprint density at radius 2 is 1.84 bits per heavy atom. The predicted octanol–water partition coefficient (Wildman–Crippen LogP) is 1.20. The van der Waals surface area contributed by atoms with Gasteiger partial charge >= 0.3 is 12.1 Å². The van der Waals surface area contributed by atoms with Crippen LogP contribution < -0.4 is 10.6 Å². The highest BCUT2D eigenvalue weighted by Gasteiger charge is 2.32. The van der Waals surface area contributed by atoms with E-state index in [1.165, 1.54) is 7.11 Å². The fourth-order valence-electron chi connectivity index (χ4n) is 2.60. The van der Waals surface area contributed by atoms with Gasteiger partial charge in [0.05, 0.1) is 13.2 Å². The summed E-state index contributed by atoms with van der Waals surface area (Å²) in [4.78, 5) is 50.0. The molecule has 3 amide bonds. The Bertz CT molecular complexity index is 856. The van der Waals surface area contributed by atoms with Gasteiger partial charge in [-0.2, -0.15) is 5.26 Å². The van der Waals surface area contributed by atoms with Crippen molar-refractivity contribution in [1.29, 1.82) is 5.26 Å². The number of hydrogen-bond acceptors (Lipinski definition) is 7. The summed E-state index contributed by atoms with van der Waals surface area (Å²) in [6, 6.07) is 7.51. The fourth-order valence-corrected chi connectivity index (χ4v) is 2.60. The Kier molecular flexibility index (Phi) is 9.47. The summed E-state index contributed by atoms with van der Waals surface area (Å²) in [6.07, 6.45) is -0.806. The molecule has 1 atom stereocenters. The summed E-state index contributed by atoms with van der Waals surface area (Å²) in [5.41, 5.74) is 0.528. The number of rotatable bonds is 8. The van der Waals surface area contributed by atoms with Crippen LogP contribution in [0.5, 0.6) is 0 Å². The van der Waals surface area contributed by atoms with E-state index in [9.17, 15) is 24.4 Å². The molecule has 0 aromatic heterocycles. The molecule has 1 aromatic rings. The molecule has 168 valence electrons. The van der Waals surface area contributed by atoms with Gasteiger partial charge in [0.2, 0.25) is 11.8 Å². The molecular formula is C21H28N4O6. The number of nitrogens with one attached hydrogen (secondary N) is 2. The van der Waals surface area contributed by atoms with Crippen LogP contribution >= 0.6 is 0 Å². The van der Waals surface area contributed by atoms with Crippen LogP contribution in [0.25, 0.3) is 0 Å². The van der Waals surface area contributed by atoms with Gasteiger partial charge in [0.1, 0.15) is 31.3 Å². The SMILES string of the molecule is COC(=O)CNC(=O)C(c1cccc(C)c1)N(CC#N)C(=O)CNC(=O)OC(C)(C)C. The average Bonchev–Trinajstić information content (AvgIpc) is 2.68. The van der Waals surface area contributed by atoms with Crippen LogP contribution in [0.3, 0.4) is 0 Å². The Labute approximate surface area is 181 Å². The number of hydrogen-bond donors (Lipinski definition) is 2. The van der Waals surface area contributed by atoms with Crippen LogP contribution in [-0.4, -0.2) is 61.1 Å². The van der Waals surface area contributed by atoms with Gasteiger partial charge in [-0.05, 0) is 33.3 Å². The molecule has 0 fully saturated rings. The summed E-state index contributed by atoms with van der Waals surface area (Å²) in [7, 11) is 1.18. The van der Waals surface area contributed by atoms with Crippen LogP contribution in [0.15, 0.2) is 24.3 Å². The van der Waals surface area contributed by atoms with Gasteiger partial charge in [-0.1, -0.05) is 29.8 Å². The smallest absolute Gasteiger partial charge is 0.408 e. The van der Waals surface area contributed by atoms with Crippen LogP contribution in [-0.2, 0) is 23.9 Å². The molecule has 0 bridgehead atoms. The second kappa shape index (κ2) is 11.5. The number of nitrogens with zero attached hydrogens (tertiary/aromatic N) is 2. The third kappa shape index (κ3) is 8.74. The van der Waals surface area contributed by atoms with E-state index in [1.54, 1.807) is 39.0 Å². The molecule has 0 aliphatic rings. The number of carbonyl (C=O) groups is 4. The van der Waals surface area contributed by atoms with Crippen molar-refractivity contribution in [3.05, 3.63) is 35.4 Å². The number of esters is 1. The quantitative estimate of drug-likeness (QED) is 0.465. The third-order valence-corrected chi connectivity index (χ3v) is 3.90. The second-order valence-electron chi connectivity index (χ2n) is 7.65. The van der Waals surface area contributed by atoms with E-state index in [2.05, 4.69) is 15.4 Å². The van der Waals surface area contributed by atoms with Crippen LogP contribution in [0.1, 0.15) is 37.9 Å². The standard InChI is InChI=1S/C21H28N4O6/c1-14-7-6-8-15(11-14)18(19(28)23-13-17(27)30-5)25(10-9-22)16(26)12-24-20(29)31-21(2,3)4/h6-8,11,18H,10,12-13H2,1-5H3,(H,23,28)(H,24,29). The molecule has 0 aliphatic heterocycles. The van der Waals surface area contributed by atoms with Gasteiger partial charge in [0.25, 0.3) is 0 Å². The predicted molar refractivity (Wildman–Crippen MR) is 111 cm³/mol. The van der Waals surface area contributed by atoms with Gasteiger partial charge in [-0.15, -0.1) is 0 Å². The molecule has 10 nitrogen and oxygen atoms in total. The minimum Gasteiger partial charge on any atom is -0.468 e. The minimum absolute atomic E-state index is 0.400. The molecule has 0 spiro atoms. The van der Waals surface area contributed by atoms with Crippen molar-refractivity contribution in [2.45, 2.75) is 39.3 Å². The first-order valence-electron chi connectivity index (χ1n) is 9.53. The van der Waals surface area contributed by atoms with Crippen molar-refractivity contribution < 1.29 is 28.7 Å². The third-order valence-electron chi connectivity index (χ3n) is 3.90. The number of ether oxygens (including phenoxy) is 2. The van der Waals surface area contributed by atoms with E-state index < -0.39 is 55.2 Å². The first kappa shape index (κ1) is 25.4. The Balaban J connectivity index is 3.13. The van der Waals surface area contributed by atoms with Crippen LogP contribution in [0.2, 0.25) is 0 Å². The molecule has 0 heterocycles. The van der Waals surface area contributed by atoms with Gasteiger partial charge in [0.15, 0.2) is 0 Å². The van der Waals surface area contributed by atoms with Crippen molar-refractivity contribution >= 4 is 23.9 Å². The highest BCUT2D eigenvalue weighted by Crippen LogP contribution is 2.22. The van der Waals surface area contributed by atoms with E-state index in [1.807, 2.05) is 19.1 Å². The lowest BCUT2D eigenvalue weighted by Gasteiger charge is -2.29. The van der Waals surface area contributed by atoms with E-state index in [-0.39, 0.29) is 0 Å². The van der Waals surface area contributed by atoms with Crippen LogP contribution in [0.4, 0.5) is 4.79 Å². The number of carbonyl (C=O) groups excluding carboxylic acids is 4. The van der Waals surface area contributed by atoms with E-state index >= 15 is 0 Å². The second-order valence-corrected chi connectivity index (χ2v) is 7.65. The molecule has 0 saturated heterocycles. The Morgan fingerprint density at radius 3 is 2.39 bits per heavy atom. The summed E-state index contributed by atoms with van der Waals surface area (Å²) in [5, 5.41) is 14.0. The number of amides is 3. The molecule has 1 unspecified atom stereocenters. The van der Waals surface area contributed by atoms with Crippen molar-refractivity contribution in [3.63, 3.8) is 0 Å². The first-order chi connectivity index (χ1) is 14.5. The summed E-state index contributed by atoms with van der Waals surface area (Å²) in [5.74, 6) is -2.01. The zero-order chi connectivity index (χ0) is 23.6. The average molecular weight is 432 g/mol. The van der Waals surface area contributed by atoms with Gasteiger partial charge < -0.3 is 25.0 Å². The summed E-state index contributed by atoms with van der Waals surface area (Å²) >= 11 is 0. The minimum atomic E-state index is -1.20. The Morgan fingerprint density at radius 1 is 1.16 bits per heavy atom. The fraction of sp³-hybridized carbons (Fsp3) is 0.476. The van der Waals surface area contributed by atoms with Crippen molar-refractivity contribution in [2.24, 2.45) is 0 Å². The number of methoxy groups -OCH3 is 1. The molecule has 31 heavy (non-hydrogen) atoms. The zero-order valence-electron chi connectivity index (χ0n) is 18.4. The van der Waals surface area contributed by atoms with Crippen molar-refractivity contribution in [1.82, 2.24) is 15.5 Å². The lowest BCUT2D eigenvalue weighted by atomic mass is 10.0. The molecule has 0 aliphatic carbocycles. The Hall–Kier alpha value is -3.61. The molecule has 0 radical (unpaired) electrons. The normalized spacial score (nSPS) is 11.5. The van der Waals surface area contributed by atoms with E-state index in [0.717, 1.165) is 10.5 Å². The van der Waals surface area contributed by atoms with E-state index in [0.29, 0.717) is 5.56 Å².